The van der Waals surface area contributed by atoms with Crippen LogP contribution >= 0.6 is 56.8 Å². The maximum Gasteiger partial charge on any atom is 0.138 e. The summed E-state index contributed by atoms with van der Waals surface area (Å²) in [6, 6.07) is 20.9. The molecule has 0 aliphatic rings. The summed E-state index contributed by atoms with van der Waals surface area (Å²) < 4.78 is 2.41. The second kappa shape index (κ2) is 6.35. The number of imidazole rings is 1. The highest BCUT2D eigenvalue weighted by atomic mass is 127. The highest BCUT2D eigenvalue weighted by Gasteiger charge is 2.14. The number of hydrogen-bond acceptors (Lipinski definition) is 1. The van der Waals surface area contributed by atoms with E-state index < -0.39 is 0 Å². The molecule has 0 fully saturated rings. The molecular weight excluding hydrogens is 570 g/mol. The fraction of sp³-hybridized carbons (Fsp3) is 0. The molecule has 0 spiro atoms. The van der Waals surface area contributed by atoms with Crippen molar-refractivity contribution in [2.45, 2.75) is 0 Å². The minimum atomic E-state index is 0.710. The van der Waals surface area contributed by atoms with Gasteiger partial charge in [-0.3, -0.25) is 0 Å². The number of nitrogens with zero attached hydrogens (tertiary/aromatic N) is 1. The molecule has 26 heavy (non-hydrogen) atoms. The summed E-state index contributed by atoms with van der Waals surface area (Å²) in [5, 5.41) is 5.55. The molecule has 0 aliphatic carbocycles. The van der Waals surface area contributed by atoms with Gasteiger partial charge in [0.15, 0.2) is 0 Å². The van der Waals surface area contributed by atoms with Gasteiger partial charge in [0.25, 0.3) is 0 Å². The first-order valence-corrected chi connectivity index (χ1v) is 10.6. The van der Waals surface area contributed by atoms with Gasteiger partial charge in [-0.1, -0.05) is 35.9 Å². The standard InChI is InChI=1S/C21H11ClI2N2/c22-12-3-1-2-11(8-12)21-25-19-17-9-13(23)4-6-15(17)16-7-5-14(24)10-18(16)20(19)26-21/h1-10H,(H,25,26). The Morgan fingerprint density at radius 1 is 0.769 bits per heavy atom. The molecule has 0 unspecified atom stereocenters. The Kier molecular flexibility index (Phi) is 4.10. The van der Waals surface area contributed by atoms with Crippen LogP contribution in [0.1, 0.15) is 0 Å². The summed E-state index contributed by atoms with van der Waals surface area (Å²) in [6.07, 6.45) is 0. The number of benzene rings is 4. The Morgan fingerprint density at radius 3 is 2.19 bits per heavy atom. The average molecular weight is 581 g/mol. The molecule has 0 saturated heterocycles. The third kappa shape index (κ3) is 2.70. The van der Waals surface area contributed by atoms with Gasteiger partial charge in [0.2, 0.25) is 0 Å². The molecule has 0 atom stereocenters. The number of aromatic nitrogens is 2. The molecule has 5 heteroatoms. The molecule has 5 rings (SSSR count). The lowest BCUT2D eigenvalue weighted by Crippen LogP contribution is -1.84. The van der Waals surface area contributed by atoms with Gasteiger partial charge < -0.3 is 4.98 Å². The van der Waals surface area contributed by atoms with Crippen LogP contribution in [-0.2, 0) is 0 Å². The molecule has 1 aromatic heterocycles. The second-order valence-corrected chi connectivity index (χ2v) is 9.13. The van der Waals surface area contributed by atoms with E-state index in [4.69, 9.17) is 16.6 Å². The van der Waals surface area contributed by atoms with Gasteiger partial charge in [-0.15, -0.1) is 0 Å². The van der Waals surface area contributed by atoms with Crippen molar-refractivity contribution in [1.29, 1.82) is 0 Å². The molecule has 0 amide bonds. The van der Waals surface area contributed by atoms with E-state index in [-0.39, 0.29) is 0 Å². The summed E-state index contributed by atoms with van der Waals surface area (Å²) in [6.45, 7) is 0. The van der Waals surface area contributed by atoms with Gasteiger partial charge in [0.1, 0.15) is 5.82 Å². The Hall–Kier alpha value is -1.38. The molecule has 5 aromatic rings. The maximum atomic E-state index is 6.18. The Labute approximate surface area is 182 Å². The minimum Gasteiger partial charge on any atom is -0.337 e. The van der Waals surface area contributed by atoms with Crippen molar-refractivity contribution in [2.75, 3.05) is 0 Å². The summed E-state index contributed by atoms with van der Waals surface area (Å²) in [4.78, 5) is 8.50. The Bertz CT molecular complexity index is 1250. The van der Waals surface area contributed by atoms with Crippen molar-refractivity contribution in [1.82, 2.24) is 9.97 Å². The van der Waals surface area contributed by atoms with Gasteiger partial charge in [-0.25, -0.2) is 4.98 Å². The normalized spacial score (nSPS) is 11.7. The van der Waals surface area contributed by atoms with Crippen molar-refractivity contribution in [2.24, 2.45) is 0 Å². The predicted molar refractivity (Wildman–Crippen MR) is 127 cm³/mol. The minimum absolute atomic E-state index is 0.710. The number of hydrogen-bond donors (Lipinski definition) is 1. The van der Waals surface area contributed by atoms with Crippen LogP contribution in [0, 0.1) is 7.14 Å². The van der Waals surface area contributed by atoms with Gasteiger partial charge in [-0.05, 0) is 92.4 Å². The zero-order chi connectivity index (χ0) is 17.8. The van der Waals surface area contributed by atoms with Crippen LogP contribution in [0.4, 0.5) is 0 Å². The van der Waals surface area contributed by atoms with Crippen molar-refractivity contribution in [3.8, 4) is 11.4 Å². The van der Waals surface area contributed by atoms with E-state index in [1.807, 2.05) is 24.3 Å². The lowest BCUT2D eigenvalue weighted by molar-refractivity contribution is 1.34. The lowest BCUT2D eigenvalue weighted by atomic mass is 10.0. The molecule has 0 bridgehead atoms. The summed E-state index contributed by atoms with van der Waals surface area (Å²) >= 11 is 10.9. The Balaban J connectivity index is 1.97. The predicted octanol–water partition coefficient (Wildman–Crippen LogP) is 7.40. The van der Waals surface area contributed by atoms with E-state index in [2.05, 4.69) is 86.6 Å². The van der Waals surface area contributed by atoms with Gasteiger partial charge in [0, 0.05) is 28.5 Å². The molecule has 1 heterocycles. The molecule has 1 N–H and O–H groups in total. The number of H-pyrrole nitrogens is 1. The van der Waals surface area contributed by atoms with Crippen LogP contribution in [0.25, 0.3) is 44.0 Å². The number of nitrogens with one attached hydrogen (secondary N) is 1. The monoisotopic (exact) mass is 580 g/mol. The number of halogens is 3. The molecule has 126 valence electrons. The van der Waals surface area contributed by atoms with E-state index in [0.29, 0.717) is 5.02 Å². The number of aromatic amines is 1. The van der Waals surface area contributed by atoms with E-state index in [1.165, 1.54) is 28.7 Å². The molecule has 0 aliphatic heterocycles. The van der Waals surface area contributed by atoms with Crippen LogP contribution in [0.3, 0.4) is 0 Å². The van der Waals surface area contributed by atoms with Crippen LogP contribution < -0.4 is 0 Å². The largest absolute Gasteiger partial charge is 0.337 e. The van der Waals surface area contributed by atoms with Crippen molar-refractivity contribution in [3.05, 3.63) is 72.8 Å². The maximum absolute atomic E-state index is 6.18. The first-order chi connectivity index (χ1) is 12.6. The molecule has 0 radical (unpaired) electrons. The van der Waals surface area contributed by atoms with Crippen LogP contribution in [0.2, 0.25) is 5.02 Å². The number of rotatable bonds is 1. The molecule has 2 nitrogen and oxygen atoms in total. The molecular formula is C21H11ClI2N2. The van der Waals surface area contributed by atoms with E-state index in [0.717, 1.165) is 22.4 Å². The van der Waals surface area contributed by atoms with Gasteiger partial charge >= 0.3 is 0 Å². The lowest BCUT2D eigenvalue weighted by Gasteiger charge is -2.07. The second-order valence-electron chi connectivity index (χ2n) is 6.20. The fourth-order valence-corrected chi connectivity index (χ4v) is 4.61. The highest BCUT2D eigenvalue weighted by Crippen LogP contribution is 2.36. The first-order valence-electron chi connectivity index (χ1n) is 8.06. The smallest absolute Gasteiger partial charge is 0.138 e. The van der Waals surface area contributed by atoms with Crippen molar-refractivity contribution >= 4 is 89.4 Å². The third-order valence-corrected chi connectivity index (χ3v) is 6.16. The van der Waals surface area contributed by atoms with Crippen molar-refractivity contribution < 1.29 is 0 Å². The van der Waals surface area contributed by atoms with Crippen LogP contribution in [-0.4, -0.2) is 9.97 Å². The average Bonchev–Trinajstić information content (AvgIpc) is 3.08. The van der Waals surface area contributed by atoms with Crippen LogP contribution in [0.5, 0.6) is 0 Å². The third-order valence-electron chi connectivity index (χ3n) is 4.58. The van der Waals surface area contributed by atoms with Gasteiger partial charge in [0.05, 0.1) is 11.0 Å². The SMILES string of the molecule is Clc1cccc(-c2nc3c4cc(I)ccc4c4ccc(I)cc4c3[nH]2)c1. The first kappa shape index (κ1) is 16.8. The van der Waals surface area contributed by atoms with Gasteiger partial charge in [-0.2, -0.15) is 0 Å². The summed E-state index contributed by atoms with van der Waals surface area (Å²) in [5.41, 5.74) is 3.07. The van der Waals surface area contributed by atoms with E-state index in [1.54, 1.807) is 0 Å². The zero-order valence-corrected chi connectivity index (χ0v) is 18.4. The number of fused-ring (bicyclic) bond motifs is 6. The van der Waals surface area contributed by atoms with Crippen LogP contribution in [0.15, 0.2) is 60.7 Å². The van der Waals surface area contributed by atoms with E-state index in [9.17, 15) is 0 Å². The summed E-state index contributed by atoms with van der Waals surface area (Å²) in [7, 11) is 0. The van der Waals surface area contributed by atoms with Crippen molar-refractivity contribution in [3.63, 3.8) is 0 Å². The zero-order valence-electron chi connectivity index (χ0n) is 13.4. The Morgan fingerprint density at radius 2 is 1.46 bits per heavy atom. The fourth-order valence-electron chi connectivity index (χ4n) is 3.44. The topological polar surface area (TPSA) is 28.7 Å². The molecule has 4 aromatic carbocycles. The quantitative estimate of drug-likeness (QED) is 0.163. The summed E-state index contributed by atoms with van der Waals surface area (Å²) in [5.74, 6) is 0.842. The highest BCUT2D eigenvalue weighted by molar-refractivity contribution is 14.1. The van der Waals surface area contributed by atoms with E-state index >= 15 is 0 Å². The molecule has 0 saturated carbocycles.